The van der Waals surface area contributed by atoms with Crippen LogP contribution >= 0.6 is 11.3 Å². The van der Waals surface area contributed by atoms with Gasteiger partial charge >= 0.3 is 5.97 Å². The Morgan fingerprint density at radius 1 is 1.67 bits per heavy atom. The van der Waals surface area contributed by atoms with Gasteiger partial charge < -0.3 is 4.74 Å². The number of methoxy groups -OCH3 is 1. The van der Waals surface area contributed by atoms with Gasteiger partial charge in [-0.2, -0.15) is 0 Å². The molecule has 84 valence electrons. The largest absolute Gasteiger partial charge is 0.469 e. The third kappa shape index (κ3) is 4.26. The number of anilines is 1. The van der Waals surface area contributed by atoms with E-state index in [9.17, 15) is 4.79 Å². The molecular formula is C9H15N3O2S. The summed E-state index contributed by atoms with van der Waals surface area (Å²) in [4.78, 5) is 15.2. The summed E-state index contributed by atoms with van der Waals surface area (Å²) in [5.41, 5.74) is 3.96. The smallest absolute Gasteiger partial charge is 0.305 e. The van der Waals surface area contributed by atoms with Crippen molar-refractivity contribution >= 4 is 22.4 Å². The molecular weight excluding hydrogens is 214 g/mol. The topological polar surface area (TPSA) is 54.5 Å². The number of nitrogens with zero attached hydrogens (tertiary/aromatic N) is 2. The molecule has 0 aliphatic heterocycles. The summed E-state index contributed by atoms with van der Waals surface area (Å²) in [7, 11) is 5.19. The van der Waals surface area contributed by atoms with Gasteiger partial charge in [0, 0.05) is 25.9 Å². The van der Waals surface area contributed by atoms with E-state index in [1.165, 1.54) is 18.4 Å². The van der Waals surface area contributed by atoms with Crippen LogP contribution in [0, 0.1) is 0 Å². The maximum atomic E-state index is 10.9. The number of hydrazine groups is 1. The summed E-state index contributed by atoms with van der Waals surface area (Å²) in [6, 6.07) is 0. The molecule has 1 heterocycles. The number of rotatable bonds is 5. The molecule has 0 unspecified atom stereocenters. The lowest BCUT2D eigenvalue weighted by molar-refractivity contribution is -0.140. The van der Waals surface area contributed by atoms with Gasteiger partial charge in [0.25, 0.3) is 0 Å². The number of ether oxygens (including phenoxy) is 1. The third-order valence-electron chi connectivity index (χ3n) is 1.68. The first-order valence-corrected chi connectivity index (χ1v) is 5.45. The molecule has 15 heavy (non-hydrogen) atoms. The van der Waals surface area contributed by atoms with E-state index in [0.29, 0.717) is 12.8 Å². The fourth-order valence-electron chi connectivity index (χ4n) is 0.997. The minimum absolute atomic E-state index is 0.204. The first-order valence-electron chi connectivity index (χ1n) is 4.57. The van der Waals surface area contributed by atoms with Gasteiger partial charge in [0.2, 0.25) is 0 Å². The quantitative estimate of drug-likeness (QED) is 0.606. The first kappa shape index (κ1) is 11.9. The Labute approximate surface area is 93.0 Å². The zero-order valence-electron chi connectivity index (χ0n) is 9.11. The van der Waals surface area contributed by atoms with Gasteiger partial charge in [-0.15, -0.1) is 11.3 Å². The minimum Gasteiger partial charge on any atom is -0.469 e. The molecule has 1 aromatic heterocycles. The van der Waals surface area contributed by atoms with E-state index in [1.807, 2.05) is 24.5 Å². The summed E-state index contributed by atoms with van der Waals surface area (Å²) in [5.74, 6) is -0.204. The number of carbonyl (C=O) groups excluding carboxylic acids is 1. The fourth-order valence-corrected chi connectivity index (χ4v) is 1.82. The van der Waals surface area contributed by atoms with Crippen molar-refractivity contribution < 1.29 is 9.53 Å². The van der Waals surface area contributed by atoms with Gasteiger partial charge in [0.15, 0.2) is 5.13 Å². The first-order chi connectivity index (χ1) is 7.11. The van der Waals surface area contributed by atoms with Crippen molar-refractivity contribution in [3.8, 4) is 0 Å². The Bertz CT molecular complexity index is 325. The number of nitrogens with one attached hydrogen (secondary N) is 1. The van der Waals surface area contributed by atoms with E-state index >= 15 is 0 Å². The van der Waals surface area contributed by atoms with Gasteiger partial charge in [-0.05, 0) is 0 Å². The van der Waals surface area contributed by atoms with E-state index in [0.717, 1.165) is 10.8 Å². The molecule has 0 fully saturated rings. The second-order valence-corrected chi connectivity index (χ2v) is 4.08. The second kappa shape index (κ2) is 5.67. The SMILES string of the molecule is COC(=O)CCc1csc(NN(C)C)n1. The zero-order chi connectivity index (χ0) is 11.3. The lowest BCUT2D eigenvalue weighted by Gasteiger charge is -2.09. The Morgan fingerprint density at radius 3 is 3.00 bits per heavy atom. The van der Waals surface area contributed by atoms with E-state index < -0.39 is 0 Å². The van der Waals surface area contributed by atoms with E-state index in [4.69, 9.17) is 0 Å². The highest BCUT2D eigenvalue weighted by molar-refractivity contribution is 7.13. The normalized spacial score (nSPS) is 10.4. The maximum absolute atomic E-state index is 10.9. The van der Waals surface area contributed by atoms with Crippen LogP contribution in [0.25, 0.3) is 0 Å². The van der Waals surface area contributed by atoms with Crippen molar-refractivity contribution in [2.45, 2.75) is 12.8 Å². The van der Waals surface area contributed by atoms with Crippen LogP contribution in [-0.2, 0) is 16.0 Å². The van der Waals surface area contributed by atoms with Crippen LogP contribution in [0.2, 0.25) is 0 Å². The van der Waals surface area contributed by atoms with Crippen LogP contribution in [0.1, 0.15) is 12.1 Å². The number of aromatic nitrogens is 1. The average molecular weight is 229 g/mol. The summed E-state index contributed by atoms with van der Waals surface area (Å²) < 4.78 is 4.56. The standard InChI is InChI=1S/C9H15N3O2S/c1-12(2)11-9-10-7(6-15-9)4-5-8(13)14-3/h6H,4-5H2,1-3H3,(H,10,11). The van der Waals surface area contributed by atoms with Gasteiger partial charge in [0.1, 0.15) is 0 Å². The van der Waals surface area contributed by atoms with Crippen LogP contribution < -0.4 is 5.43 Å². The minimum atomic E-state index is -0.204. The molecule has 0 bridgehead atoms. The average Bonchev–Trinajstić information content (AvgIpc) is 2.61. The highest BCUT2D eigenvalue weighted by Gasteiger charge is 2.05. The van der Waals surface area contributed by atoms with Crippen LogP contribution in [0.5, 0.6) is 0 Å². The maximum Gasteiger partial charge on any atom is 0.305 e. The van der Waals surface area contributed by atoms with E-state index in [1.54, 1.807) is 0 Å². The highest BCUT2D eigenvalue weighted by atomic mass is 32.1. The predicted octanol–water partition coefficient (Wildman–Crippen LogP) is 1.14. The number of hydrogen-bond donors (Lipinski definition) is 1. The Hall–Kier alpha value is -1.14. The third-order valence-corrected chi connectivity index (χ3v) is 2.48. The van der Waals surface area contributed by atoms with Gasteiger partial charge in [-0.1, -0.05) is 0 Å². The second-order valence-electron chi connectivity index (χ2n) is 3.23. The number of hydrogen-bond acceptors (Lipinski definition) is 6. The zero-order valence-corrected chi connectivity index (χ0v) is 9.93. The monoisotopic (exact) mass is 229 g/mol. The predicted molar refractivity (Wildman–Crippen MR) is 59.8 cm³/mol. The highest BCUT2D eigenvalue weighted by Crippen LogP contribution is 2.16. The van der Waals surface area contributed by atoms with E-state index in [-0.39, 0.29) is 5.97 Å². The molecule has 1 rings (SSSR count). The Morgan fingerprint density at radius 2 is 2.40 bits per heavy atom. The van der Waals surface area contributed by atoms with E-state index in [2.05, 4.69) is 15.1 Å². The fraction of sp³-hybridized carbons (Fsp3) is 0.556. The van der Waals surface area contributed by atoms with Crippen molar-refractivity contribution in [3.63, 3.8) is 0 Å². The number of thiazole rings is 1. The molecule has 0 aliphatic carbocycles. The molecule has 0 saturated carbocycles. The van der Waals surface area contributed by atoms with Crippen LogP contribution in [0.3, 0.4) is 0 Å². The molecule has 0 radical (unpaired) electrons. The van der Waals surface area contributed by atoms with Gasteiger partial charge in [-0.3, -0.25) is 10.2 Å². The summed E-state index contributed by atoms with van der Waals surface area (Å²) in [6.45, 7) is 0. The lowest BCUT2D eigenvalue weighted by Crippen LogP contribution is -2.19. The Kier molecular flexibility index (Phi) is 4.51. The summed E-state index contributed by atoms with van der Waals surface area (Å²) in [6.07, 6.45) is 1.000. The number of esters is 1. The molecule has 5 nitrogen and oxygen atoms in total. The number of carbonyl (C=O) groups is 1. The molecule has 0 amide bonds. The van der Waals surface area contributed by atoms with Gasteiger partial charge in [0.05, 0.1) is 19.2 Å². The van der Waals surface area contributed by atoms with Crippen LogP contribution in [0.15, 0.2) is 5.38 Å². The van der Waals surface area contributed by atoms with Crippen molar-refractivity contribution in [1.82, 2.24) is 9.99 Å². The molecule has 0 spiro atoms. The van der Waals surface area contributed by atoms with Crippen molar-refractivity contribution in [1.29, 1.82) is 0 Å². The lowest BCUT2D eigenvalue weighted by atomic mass is 10.2. The summed E-state index contributed by atoms with van der Waals surface area (Å²) in [5, 5.41) is 4.59. The molecule has 0 atom stereocenters. The number of aryl methyl sites for hydroxylation is 1. The molecule has 1 aromatic rings. The van der Waals surface area contributed by atoms with Gasteiger partial charge in [-0.25, -0.2) is 9.99 Å². The molecule has 0 saturated heterocycles. The Balaban J connectivity index is 2.42. The summed E-state index contributed by atoms with van der Waals surface area (Å²) >= 11 is 1.52. The molecule has 1 N–H and O–H groups in total. The van der Waals surface area contributed by atoms with Crippen molar-refractivity contribution in [2.24, 2.45) is 0 Å². The molecule has 0 aromatic carbocycles. The molecule has 6 heteroatoms. The van der Waals surface area contributed by atoms with Crippen molar-refractivity contribution in [3.05, 3.63) is 11.1 Å². The van der Waals surface area contributed by atoms with Crippen molar-refractivity contribution in [2.75, 3.05) is 26.6 Å². The molecule has 0 aliphatic rings. The van der Waals surface area contributed by atoms with Crippen LogP contribution in [0.4, 0.5) is 5.13 Å². The van der Waals surface area contributed by atoms with Crippen LogP contribution in [-0.4, -0.2) is 37.2 Å².